The molecule has 2 aromatic carbocycles. The monoisotopic (exact) mass is 426 g/mol. The van der Waals surface area contributed by atoms with Crippen molar-refractivity contribution in [2.45, 2.75) is 18.6 Å². The van der Waals surface area contributed by atoms with Crippen LogP contribution in [0.2, 0.25) is 0 Å². The van der Waals surface area contributed by atoms with Crippen LogP contribution in [-0.4, -0.2) is 39.8 Å². The van der Waals surface area contributed by atoms with Gasteiger partial charge in [0.15, 0.2) is 17.3 Å². The minimum absolute atomic E-state index is 0.717. The number of methoxy groups -OCH3 is 2. The van der Waals surface area contributed by atoms with Gasteiger partial charge in [-0.05, 0) is 35.4 Å². The molecule has 0 fully saturated rings. The first-order chi connectivity index (χ1) is 14.3. The molecule has 0 spiro atoms. The Hall–Kier alpha value is -2.58. The van der Waals surface area contributed by atoms with E-state index >= 15 is 0 Å². The predicted molar refractivity (Wildman–Crippen MR) is 117 cm³/mol. The standard InChI is InChI=1S/C21H22N4O2S2/c1-26-17-9-8-16(12-18(17)27-2)13-20-24-25-19(22-23-21(25)29-20)14-28-11-10-15-6-4-3-5-7-15/h3-9,12H,10-11,13-14H2,1-2H3. The summed E-state index contributed by atoms with van der Waals surface area (Å²) in [6.45, 7) is 0. The lowest BCUT2D eigenvalue weighted by molar-refractivity contribution is 0.354. The van der Waals surface area contributed by atoms with Crippen molar-refractivity contribution in [3.05, 3.63) is 70.5 Å². The molecule has 2 heterocycles. The van der Waals surface area contributed by atoms with E-state index in [1.807, 2.05) is 40.5 Å². The quantitative estimate of drug-likeness (QED) is 0.373. The van der Waals surface area contributed by atoms with Gasteiger partial charge in [-0.1, -0.05) is 47.7 Å². The maximum Gasteiger partial charge on any atom is 0.234 e. The number of aryl methyl sites for hydroxylation is 1. The maximum absolute atomic E-state index is 5.39. The Morgan fingerprint density at radius 1 is 0.966 bits per heavy atom. The second kappa shape index (κ2) is 9.28. The van der Waals surface area contributed by atoms with Crippen LogP contribution in [0.5, 0.6) is 11.5 Å². The first-order valence-corrected chi connectivity index (χ1v) is 11.3. The fourth-order valence-corrected chi connectivity index (χ4v) is 4.80. The zero-order chi connectivity index (χ0) is 20.1. The van der Waals surface area contributed by atoms with Gasteiger partial charge in [-0.15, -0.1) is 10.2 Å². The van der Waals surface area contributed by atoms with Crippen LogP contribution in [0.1, 0.15) is 22.0 Å². The molecule has 8 heteroatoms. The highest BCUT2D eigenvalue weighted by molar-refractivity contribution is 7.98. The van der Waals surface area contributed by atoms with Gasteiger partial charge in [0.25, 0.3) is 0 Å². The third kappa shape index (κ3) is 4.71. The van der Waals surface area contributed by atoms with Gasteiger partial charge in [0.05, 0.1) is 20.0 Å². The number of hydrogen-bond donors (Lipinski definition) is 0. The van der Waals surface area contributed by atoms with Crippen LogP contribution in [0.3, 0.4) is 0 Å². The molecule has 4 aromatic rings. The fraction of sp³-hybridized carbons (Fsp3) is 0.286. The van der Waals surface area contributed by atoms with Crippen molar-refractivity contribution in [2.24, 2.45) is 0 Å². The van der Waals surface area contributed by atoms with E-state index in [1.165, 1.54) is 5.56 Å². The van der Waals surface area contributed by atoms with Crippen LogP contribution in [0.15, 0.2) is 48.5 Å². The van der Waals surface area contributed by atoms with Crippen molar-refractivity contribution in [3.8, 4) is 11.5 Å². The summed E-state index contributed by atoms with van der Waals surface area (Å²) in [7, 11) is 3.28. The first-order valence-electron chi connectivity index (χ1n) is 9.29. The van der Waals surface area contributed by atoms with Crippen LogP contribution in [0, 0.1) is 0 Å². The summed E-state index contributed by atoms with van der Waals surface area (Å²) in [5, 5.41) is 14.3. The Balaban J connectivity index is 1.39. The topological polar surface area (TPSA) is 61.5 Å². The summed E-state index contributed by atoms with van der Waals surface area (Å²) >= 11 is 3.42. The van der Waals surface area contributed by atoms with Gasteiger partial charge in [-0.3, -0.25) is 0 Å². The van der Waals surface area contributed by atoms with Crippen molar-refractivity contribution >= 4 is 28.1 Å². The van der Waals surface area contributed by atoms with Gasteiger partial charge in [0.2, 0.25) is 4.96 Å². The number of rotatable bonds is 9. The molecule has 0 bridgehead atoms. The second-order valence-corrected chi connectivity index (χ2v) is 8.61. The molecule has 150 valence electrons. The highest BCUT2D eigenvalue weighted by Crippen LogP contribution is 2.29. The molecule has 0 aliphatic heterocycles. The molecule has 0 aliphatic rings. The first kappa shape index (κ1) is 19.7. The zero-order valence-corrected chi connectivity index (χ0v) is 18.0. The van der Waals surface area contributed by atoms with E-state index < -0.39 is 0 Å². The Kier molecular flexibility index (Phi) is 6.31. The zero-order valence-electron chi connectivity index (χ0n) is 16.4. The van der Waals surface area contributed by atoms with Crippen molar-refractivity contribution in [1.82, 2.24) is 19.8 Å². The van der Waals surface area contributed by atoms with E-state index in [0.29, 0.717) is 0 Å². The molecule has 2 aromatic heterocycles. The Morgan fingerprint density at radius 3 is 2.59 bits per heavy atom. The molecule has 0 atom stereocenters. The average molecular weight is 427 g/mol. The third-order valence-electron chi connectivity index (χ3n) is 4.51. The van der Waals surface area contributed by atoms with E-state index in [0.717, 1.165) is 57.2 Å². The molecule has 0 radical (unpaired) electrons. The lowest BCUT2D eigenvalue weighted by atomic mass is 10.1. The minimum Gasteiger partial charge on any atom is -0.493 e. The van der Waals surface area contributed by atoms with Gasteiger partial charge >= 0.3 is 0 Å². The fourth-order valence-electron chi connectivity index (χ4n) is 3.02. The summed E-state index contributed by atoms with van der Waals surface area (Å²) in [6.07, 6.45) is 1.77. The van der Waals surface area contributed by atoms with Crippen molar-refractivity contribution in [3.63, 3.8) is 0 Å². The number of benzene rings is 2. The molecular weight excluding hydrogens is 404 g/mol. The Labute approximate surface area is 177 Å². The van der Waals surface area contributed by atoms with Crippen LogP contribution in [0.25, 0.3) is 4.96 Å². The molecular formula is C21H22N4O2S2. The third-order valence-corrected chi connectivity index (χ3v) is 6.36. The molecule has 4 rings (SSSR count). The van der Waals surface area contributed by atoms with E-state index in [1.54, 1.807) is 25.6 Å². The molecule has 6 nitrogen and oxygen atoms in total. The molecule has 0 saturated carbocycles. The summed E-state index contributed by atoms with van der Waals surface area (Å²) in [6, 6.07) is 16.5. The van der Waals surface area contributed by atoms with Crippen LogP contribution >= 0.6 is 23.1 Å². The second-order valence-electron chi connectivity index (χ2n) is 6.46. The normalized spacial score (nSPS) is 11.1. The summed E-state index contributed by atoms with van der Waals surface area (Å²) in [4.78, 5) is 0.833. The lowest BCUT2D eigenvalue weighted by Crippen LogP contribution is -1.98. The van der Waals surface area contributed by atoms with Gasteiger partial charge < -0.3 is 9.47 Å². The van der Waals surface area contributed by atoms with E-state index in [9.17, 15) is 0 Å². The average Bonchev–Trinajstić information content (AvgIpc) is 3.32. The Bertz CT molecular complexity index is 1080. The molecule has 0 aliphatic carbocycles. The number of ether oxygens (including phenoxy) is 2. The minimum atomic E-state index is 0.717. The van der Waals surface area contributed by atoms with Crippen molar-refractivity contribution < 1.29 is 9.47 Å². The van der Waals surface area contributed by atoms with E-state index in [2.05, 4.69) is 34.5 Å². The molecule has 0 N–H and O–H groups in total. The highest BCUT2D eigenvalue weighted by atomic mass is 32.2. The van der Waals surface area contributed by atoms with Gasteiger partial charge in [0, 0.05) is 6.42 Å². The van der Waals surface area contributed by atoms with Gasteiger partial charge in [-0.25, -0.2) is 0 Å². The van der Waals surface area contributed by atoms with Crippen molar-refractivity contribution in [1.29, 1.82) is 0 Å². The largest absolute Gasteiger partial charge is 0.493 e. The van der Waals surface area contributed by atoms with Gasteiger partial charge in [-0.2, -0.15) is 21.4 Å². The molecule has 0 unspecified atom stereocenters. The molecule has 0 amide bonds. The SMILES string of the molecule is COc1ccc(Cc2nn3c(CSCCc4ccccc4)nnc3s2)cc1OC. The predicted octanol–water partition coefficient (Wildman–Crippen LogP) is 4.27. The van der Waals surface area contributed by atoms with Gasteiger partial charge in [0.1, 0.15) is 5.01 Å². The molecule has 29 heavy (non-hydrogen) atoms. The number of thioether (sulfide) groups is 1. The summed E-state index contributed by atoms with van der Waals surface area (Å²) in [5.41, 5.74) is 2.48. The van der Waals surface area contributed by atoms with Crippen LogP contribution < -0.4 is 9.47 Å². The highest BCUT2D eigenvalue weighted by Gasteiger charge is 2.13. The number of aromatic nitrogens is 4. The lowest BCUT2D eigenvalue weighted by Gasteiger charge is -2.08. The van der Waals surface area contributed by atoms with Crippen LogP contribution in [0.4, 0.5) is 0 Å². The number of nitrogens with zero attached hydrogens (tertiary/aromatic N) is 4. The number of hydrogen-bond acceptors (Lipinski definition) is 7. The van der Waals surface area contributed by atoms with E-state index in [-0.39, 0.29) is 0 Å². The Morgan fingerprint density at radius 2 is 1.79 bits per heavy atom. The summed E-state index contributed by atoms with van der Waals surface area (Å²) in [5.74, 6) is 4.19. The summed E-state index contributed by atoms with van der Waals surface area (Å²) < 4.78 is 12.6. The maximum atomic E-state index is 5.39. The van der Waals surface area contributed by atoms with Crippen LogP contribution in [-0.2, 0) is 18.6 Å². The van der Waals surface area contributed by atoms with Crippen molar-refractivity contribution in [2.75, 3.05) is 20.0 Å². The number of fused-ring (bicyclic) bond motifs is 1. The molecule has 0 saturated heterocycles. The smallest absolute Gasteiger partial charge is 0.234 e. The van der Waals surface area contributed by atoms with E-state index in [4.69, 9.17) is 14.6 Å².